The Kier molecular flexibility index (Phi) is 4.10. The fraction of sp³-hybridized carbons (Fsp3) is 0.133. The number of para-hydroxylation sites is 1. The molecule has 102 valence electrons. The van der Waals surface area contributed by atoms with Gasteiger partial charge < -0.3 is 4.74 Å². The number of carbonyl (C=O) groups is 1. The van der Waals surface area contributed by atoms with E-state index in [0.717, 1.165) is 0 Å². The number of hydrogen-bond acceptors (Lipinski definition) is 4. The molecular formula is C15H13NO4. The Morgan fingerprint density at radius 3 is 2.30 bits per heavy atom. The van der Waals surface area contributed by atoms with Crippen LogP contribution in [0.4, 0.5) is 5.69 Å². The Morgan fingerprint density at radius 2 is 1.70 bits per heavy atom. The number of nitro groups is 1. The van der Waals surface area contributed by atoms with Crippen molar-refractivity contribution in [3.63, 3.8) is 0 Å². The predicted molar refractivity (Wildman–Crippen MR) is 73.1 cm³/mol. The molecule has 0 fully saturated rings. The fourth-order valence-electron chi connectivity index (χ4n) is 1.98. The van der Waals surface area contributed by atoms with E-state index in [4.69, 9.17) is 4.74 Å². The number of carbonyl (C=O) groups excluding carboxylic acids is 1. The summed E-state index contributed by atoms with van der Waals surface area (Å²) < 4.78 is 5.27. The van der Waals surface area contributed by atoms with Gasteiger partial charge in [0, 0.05) is 13.0 Å². The molecule has 5 nitrogen and oxygen atoms in total. The van der Waals surface area contributed by atoms with Gasteiger partial charge in [-0.05, 0) is 11.6 Å². The maximum atomic E-state index is 11.3. The van der Waals surface area contributed by atoms with Crippen LogP contribution in [0, 0.1) is 10.1 Å². The monoisotopic (exact) mass is 271 g/mol. The molecule has 0 bridgehead atoms. The van der Waals surface area contributed by atoms with Crippen molar-refractivity contribution >= 4 is 11.7 Å². The highest BCUT2D eigenvalue weighted by molar-refractivity contribution is 5.67. The van der Waals surface area contributed by atoms with Gasteiger partial charge in [0.1, 0.15) is 0 Å². The van der Waals surface area contributed by atoms with E-state index < -0.39 is 17.0 Å². The Balaban J connectivity index is 2.52. The highest BCUT2D eigenvalue weighted by atomic mass is 16.6. The standard InChI is InChI=1S/C15H13NO4/c1-11(17)20-15(12-7-3-2-4-8-12)13-9-5-6-10-14(13)16(18)19/h2-10,15H,1H3. The lowest BCUT2D eigenvalue weighted by Crippen LogP contribution is -2.11. The van der Waals surface area contributed by atoms with Gasteiger partial charge in [0.15, 0.2) is 6.10 Å². The number of nitrogens with zero attached hydrogens (tertiary/aromatic N) is 1. The van der Waals surface area contributed by atoms with Crippen LogP contribution in [-0.4, -0.2) is 10.9 Å². The average molecular weight is 271 g/mol. The minimum atomic E-state index is -0.782. The Bertz CT molecular complexity index is 625. The zero-order valence-corrected chi connectivity index (χ0v) is 10.9. The number of ether oxygens (including phenoxy) is 1. The summed E-state index contributed by atoms with van der Waals surface area (Å²) in [5.41, 5.74) is 0.985. The fourth-order valence-corrected chi connectivity index (χ4v) is 1.98. The highest BCUT2D eigenvalue weighted by Crippen LogP contribution is 2.32. The lowest BCUT2D eigenvalue weighted by atomic mass is 10.00. The molecule has 0 aromatic heterocycles. The highest BCUT2D eigenvalue weighted by Gasteiger charge is 2.25. The van der Waals surface area contributed by atoms with Crippen molar-refractivity contribution in [3.8, 4) is 0 Å². The summed E-state index contributed by atoms with van der Waals surface area (Å²) in [4.78, 5) is 21.9. The third-order valence-electron chi connectivity index (χ3n) is 2.80. The lowest BCUT2D eigenvalue weighted by molar-refractivity contribution is -0.386. The summed E-state index contributed by atoms with van der Waals surface area (Å²) in [6.07, 6.45) is -0.782. The van der Waals surface area contributed by atoms with Crippen molar-refractivity contribution < 1.29 is 14.5 Å². The number of benzene rings is 2. The first-order valence-electron chi connectivity index (χ1n) is 6.05. The van der Waals surface area contributed by atoms with Crippen molar-refractivity contribution in [3.05, 3.63) is 75.8 Å². The molecule has 0 radical (unpaired) electrons. The van der Waals surface area contributed by atoms with Gasteiger partial charge in [-0.25, -0.2) is 0 Å². The molecule has 0 N–H and O–H groups in total. The summed E-state index contributed by atoms with van der Waals surface area (Å²) >= 11 is 0. The molecule has 1 atom stereocenters. The van der Waals surface area contributed by atoms with Gasteiger partial charge >= 0.3 is 5.97 Å². The first-order chi connectivity index (χ1) is 9.59. The van der Waals surface area contributed by atoms with E-state index in [0.29, 0.717) is 11.1 Å². The second-order valence-electron chi connectivity index (χ2n) is 4.22. The maximum absolute atomic E-state index is 11.3. The molecule has 0 aliphatic carbocycles. The molecule has 20 heavy (non-hydrogen) atoms. The van der Waals surface area contributed by atoms with Crippen molar-refractivity contribution in [1.29, 1.82) is 0 Å². The van der Waals surface area contributed by atoms with Crippen LogP contribution in [0.1, 0.15) is 24.2 Å². The number of nitro benzene ring substituents is 1. The Morgan fingerprint density at radius 1 is 1.10 bits per heavy atom. The molecule has 5 heteroatoms. The Labute approximate surface area is 116 Å². The summed E-state index contributed by atoms with van der Waals surface area (Å²) in [5, 5.41) is 11.1. The van der Waals surface area contributed by atoms with Crippen LogP contribution in [0.2, 0.25) is 0 Å². The number of rotatable bonds is 4. The van der Waals surface area contributed by atoms with E-state index >= 15 is 0 Å². The molecule has 0 amide bonds. The van der Waals surface area contributed by atoms with Gasteiger partial charge in [0.2, 0.25) is 0 Å². The summed E-state index contributed by atoms with van der Waals surface area (Å²) in [5.74, 6) is -0.489. The Hall–Kier alpha value is -2.69. The second-order valence-corrected chi connectivity index (χ2v) is 4.22. The molecule has 0 aliphatic rings. The molecule has 1 unspecified atom stereocenters. The molecule has 2 aromatic carbocycles. The van der Waals surface area contributed by atoms with E-state index in [2.05, 4.69) is 0 Å². The van der Waals surface area contributed by atoms with E-state index in [1.165, 1.54) is 13.0 Å². The molecule has 0 heterocycles. The summed E-state index contributed by atoms with van der Waals surface area (Å²) in [7, 11) is 0. The van der Waals surface area contributed by atoms with Gasteiger partial charge in [0.05, 0.1) is 10.5 Å². The zero-order chi connectivity index (χ0) is 14.5. The number of hydrogen-bond donors (Lipinski definition) is 0. The van der Waals surface area contributed by atoms with Crippen LogP contribution in [0.15, 0.2) is 54.6 Å². The van der Waals surface area contributed by atoms with Gasteiger partial charge in [-0.3, -0.25) is 14.9 Å². The predicted octanol–water partition coefficient (Wildman–Crippen LogP) is 3.25. The van der Waals surface area contributed by atoms with Crippen LogP contribution >= 0.6 is 0 Å². The van der Waals surface area contributed by atoms with Crippen molar-refractivity contribution in [2.45, 2.75) is 13.0 Å². The second kappa shape index (κ2) is 5.97. The smallest absolute Gasteiger partial charge is 0.303 e. The van der Waals surface area contributed by atoms with Gasteiger partial charge in [-0.2, -0.15) is 0 Å². The maximum Gasteiger partial charge on any atom is 0.303 e. The van der Waals surface area contributed by atoms with E-state index in [1.807, 2.05) is 6.07 Å². The van der Waals surface area contributed by atoms with Crippen LogP contribution in [0.25, 0.3) is 0 Å². The van der Waals surface area contributed by atoms with E-state index in [1.54, 1.807) is 42.5 Å². The summed E-state index contributed by atoms with van der Waals surface area (Å²) in [6, 6.07) is 15.2. The molecule has 0 saturated heterocycles. The van der Waals surface area contributed by atoms with Crippen LogP contribution in [0.3, 0.4) is 0 Å². The van der Waals surface area contributed by atoms with Gasteiger partial charge in [-0.1, -0.05) is 42.5 Å². The first-order valence-corrected chi connectivity index (χ1v) is 6.05. The third kappa shape index (κ3) is 3.00. The first kappa shape index (κ1) is 13.7. The van der Waals surface area contributed by atoms with Gasteiger partial charge in [0.25, 0.3) is 5.69 Å². The normalized spacial score (nSPS) is 11.7. The quantitative estimate of drug-likeness (QED) is 0.486. The van der Waals surface area contributed by atoms with Crippen LogP contribution in [-0.2, 0) is 9.53 Å². The molecule has 2 rings (SSSR count). The lowest BCUT2D eigenvalue weighted by Gasteiger charge is -2.17. The molecule has 0 aliphatic heterocycles. The molecular weight excluding hydrogens is 258 g/mol. The van der Waals surface area contributed by atoms with E-state index in [-0.39, 0.29) is 5.69 Å². The average Bonchev–Trinajstić information content (AvgIpc) is 2.45. The van der Waals surface area contributed by atoms with Crippen LogP contribution < -0.4 is 0 Å². The molecule has 0 saturated carbocycles. The molecule has 2 aromatic rings. The van der Waals surface area contributed by atoms with Gasteiger partial charge in [-0.15, -0.1) is 0 Å². The SMILES string of the molecule is CC(=O)OC(c1ccccc1)c1ccccc1[N+](=O)[O-]. The topological polar surface area (TPSA) is 69.4 Å². The van der Waals surface area contributed by atoms with Crippen molar-refractivity contribution in [2.24, 2.45) is 0 Å². The van der Waals surface area contributed by atoms with E-state index in [9.17, 15) is 14.9 Å². The minimum absolute atomic E-state index is 0.0670. The van der Waals surface area contributed by atoms with Crippen LogP contribution in [0.5, 0.6) is 0 Å². The summed E-state index contributed by atoms with van der Waals surface area (Å²) in [6.45, 7) is 1.28. The minimum Gasteiger partial charge on any atom is -0.452 e. The van der Waals surface area contributed by atoms with Crippen molar-refractivity contribution in [1.82, 2.24) is 0 Å². The third-order valence-corrected chi connectivity index (χ3v) is 2.80. The largest absolute Gasteiger partial charge is 0.452 e. The molecule has 0 spiro atoms. The zero-order valence-electron chi connectivity index (χ0n) is 10.9. The number of esters is 1. The van der Waals surface area contributed by atoms with Crippen molar-refractivity contribution in [2.75, 3.05) is 0 Å².